The third-order valence-electron chi connectivity index (χ3n) is 4.63. The van der Waals surface area contributed by atoms with E-state index in [4.69, 9.17) is 16.3 Å². The second-order valence-corrected chi connectivity index (χ2v) is 7.79. The minimum absolute atomic E-state index is 0.259. The maximum absolute atomic E-state index is 13.3. The summed E-state index contributed by atoms with van der Waals surface area (Å²) >= 11 is 9.46. The van der Waals surface area contributed by atoms with Crippen molar-refractivity contribution in [2.75, 3.05) is 17.7 Å². The predicted molar refractivity (Wildman–Crippen MR) is 115 cm³/mol. The van der Waals surface area contributed by atoms with Crippen molar-refractivity contribution in [1.29, 1.82) is 0 Å². The molecule has 148 valence electrons. The number of allylic oxidation sites excluding steroid dienone is 1. The van der Waals surface area contributed by atoms with Crippen LogP contribution in [-0.2, 0) is 4.79 Å². The summed E-state index contributed by atoms with van der Waals surface area (Å²) in [5.41, 5.74) is 2.62. The fourth-order valence-corrected chi connectivity index (χ4v) is 3.83. The molecule has 4 rings (SSSR count). The molecule has 1 aromatic heterocycles. The summed E-state index contributed by atoms with van der Waals surface area (Å²) in [6.07, 6.45) is 1.45. The molecule has 0 saturated carbocycles. The highest BCUT2D eigenvalue weighted by atomic mass is 79.9. The van der Waals surface area contributed by atoms with Crippen molar-refractivity contribution in [1.82, 2.24) is 14.8 Å². The standard InChI is InChI=1S/C20H17BrClN5O2/c1-11-17(19(28)26-14-6-4-13(22)5-7-14)18(27-20(25-11)23-10-24-27)15-9-12(21)3-8-16(15)29-2/h3-10,18H,1-2H3,(H,26,28)(H,23,24,25). The minimum Gasteiger partial charge on any atom is -0.496 e. The fraction of sp³-hybridized carbons (Fsp3) is 0.150. The Bertz CT molecular complexity index is 1110. The number of nitrogens with zero attached hydrogens (tertiary/aromatic N) is 3. The lowest BCUT2D eigenvalue weighted by Gasteiger charge is -2.29. The van der Waals surface area contributed by atoms with Crippen molar-refractivity contribution in [3.63, 3.8) is 0 Å². The molecule has 1 unspecified atom stereocenters. The molecule has 0 aliphatic carbocycles. The summed E-state index contributed by atoms with van der Waals surface area (Å²) in [6.45, 7) is 1.84. The summed E-state index contributed by atoms with van der Waals surface area (Å²) in [5, 5.41) is 11.0. The lowest BCUT2D eigenvalue weighted by Crippen LogP contribution is -2.31. The zero-order chi connectivity index (χ0) is 20.5. The van der Waals surface area contributed by atoms with Crippen LogP contribution in [0.25, 0.3) is 0 Å². The quantitative estimate of drug-likeness (QED) is 0.576. The Labute approximate surface area is 180 Å². The number of hydrogen-bond acceptors (Lipinski definition) is 5. The van der Waals surface area contributed by atoms with Crippen molar-refractivity contribution in [2.24, 2.45) is 0 Å². The van der Waals surface area contributed by atoms with E-state index in [9.17, 15) is 4.79 Å². The van der Waals surface area contributed by atoms with Gasteiger partial charge in [-0.2, -0.15) is 10.1 Å². The average Bonchev–Trinajstić information content (AvgIpc) is 3.16. The monoisotopic (exact) mass is 473 g/mol. The molecule has 3 aromatic rings. The summed E-state index contributed by atoms with van der Waals surface area (Å²) in [7, 11) is 1.60. The lowest BCUT2D eigenvalue weighted by atomic mass is 9.94. The molecule has 1 amide bonds. The number of amides is 1. The Morgan fingerprint density at radius 1 is 1.28 bits per heavy atom. The number of anilines is 2. The van der Waals surface area contributed by atoms with E-state index < -0.39 is 6.04 Å². The average molecular weight is 475 g/mol. The number of hydrogen-bond donors (Lipinski definition) is 2. The molecule has 1 aliphatic rings. The number of ether oxygens (including phenoxy) is 1. The van der Waals surface area contributed by atoms with Crippen LogP contribution in [0, 0.1) is 0 Å². The highest BCUT2D eigenvalue weighted by Crippen LogP contribution is 2.40. The second-order valence-electron chi connectivity index (χ2n) is 6.44. The number of carbonyl (C=O) groups is 1. The highest BCUT2D eigenvalue weighted by molar-refractivity contribution is 9.10. The van der Waals surface area contributed by atoms with E-state index in [0.29, 0.717) is 33.7 Å². The molecule has 0 bridgehead atoms. The molecule has 2 N–H and O–H groups in total. The number of carbonyl (C=O) groups excluding carboxylic acids is 1. The molecule has 7 nitrogen and oxygen atoms in total. The van der Waals surface area contributed by atoms with Gasteiger partial charge < -0.3 is 15.4 Å². The van der Waals surface area contributed by atoms with Crippen LogP contribution in [0.2, 0.25) is 5.02 Å². The van der Waals surface area contributed by atoms with Gasteiger partial charge in [-0.25, -0.2) is 4.68 Å². The van der Waals surface area contributed by atoms with Crippen LogP contribution >= 0.6 is 27.5 Å². The number of halogens is 2. The second kappa shape index (κ2) is 7.88. The van der Waals surface area contributed by atoms with Gasteiger partial charge in [0.25, 0.3) is 5.91 Å². The van der Waals surface area contributed by atoms with Gasteiger partial charge in [0.2, 0.25) is 5.95 Å². The molecule has 2 heterocycles. The topological polar surface area (TPSA) is 81.1 Å². The number of rotatable bonds is 4. The van der Waals surface area contributed by atoms with Crippen LogP contribution in [0.15, 0.2) is 64.5 Å². The smallest absolute Gasteiger partial charge is 0.255 e. The number of aromatic nitrogens is 3. The highest BCUT2D eigenvalue weighted by Gasteiger charge is 2.35. The first-order valence-corrected chi connectivity index (χ1v) is 9.92. The van der Waals surface area contributed by atoms with E-state index >= 15 is 0 Å². The van der Waals surface area contributed by atoms with E-state index in [-0.39, 0.29) is 5.91 Å². The summed E-state index contributed by atoms with van der Waals surface area (Å²) < 4.78 is 8.11. The number of nitrogens with one attached hydrogen (secondary N) is 2. The Kier molecular flexibility index (Phi) is 5.29. The van der Waals surface area contributed by atoms with Crippen LogP contribution in [-0.4, -0.2) is 27.8 Å². The molecule has 0 saturated heterocycles. The van der Waals surface area contributed by atoms with E-state index in [1.807, 2.05) is 25.1 Å². The van der Waals surface area contributed by atoms with E-state index in [1.165, 1.54) is 6.33 Å². The van der Waals surface area contributed by atoms with Crippen LogP contribution in [0.4, 0.5) is 11.6 Å². The third-order valence-corrected chi connectivity index (χ3v) is 5.37. The molecular weight excluding hydrogens is 458 g/mol. The molecule has 1 aliphatic heterocycles. The fourth-order valence-electron chi connectivity index (χ4n) is 3.32. The number of methoxy groups -OCH3 is 1. The van der Waals surface area contributed by atoms with E-state index in [2.05, 4.69) is 36.6 Å². The van der Waals surface area contributed by atoms with E-state index in [1.54, 1.807) is 36.1 Å². The molecule has 9 heteroatoms. The van der Waals surface area contributed by atoms with Crippen molar-refractivity contribution >= 4 is 45.1 Å². The Morgan fingerprint density at radius 3 is 2.76 bits per heavy atom. The van der Waals surface area contributed by atoms with Gasteiger partial charge in [-0.05, 0) is 49.4 Å². The van der Waals surface area contributed by atoms with Gasteiger partial charge in [-0.3, -0.25) is 4.79 Å². The SMILES string of the molecule is COc1ccc(Br)cc1C1C(C(=O)Nc2ccc(Cl)cc2)=C(C)Nc2ncnn21. The Balaban J connectivity index is 1.81. The molecule has 0 fully saturated rings. The van der Waals surface area contributed by atoms with Crippen LogP contribution in [0.5, 0.6) is 5.75 Å². The zero-order valence-corrected chi connectivity index (χ0v) is 18.0. The molecule has 0 spiro atoms. The molecule has 29 heavy (non-hydrogen) atoms. The number of fused-ring (bicyclic) bond motifs is 1. The van der Waals surface area contributed by atoms with Crippen molar-refractivity contribution < 1.29 is 9.53 Å². The first kappa shape index (κ1) is 19.5. The predicted octanol–water partition coefficient (Wildman–Crippen LogP) is 4.63. The molecule has 0 radical (unpaired) electrons. The van der Waals surface area contributed by atoms with Crippen molar-refractivity contribution in [2.45, 2.75) is 13.0 Å². The van der Waals surface area contributed by atoms with Gasteiger partial charge in [-0.15, -0.1) is 0 Å². The number of benzene rings is 2. The van der Waals surface area contributed by atoms with Gasteiger partial charge in [0.1, 0.15) is 18.1 Å². The third kappa shape index (κ3) is 3.73. The lowest BCUT2D eigenvalue weighted by molar-refractivity contribution is -0.113. The maximum Gasteiger partial charge on any atom is 0.255 e. The van der Waals surface area contributed by atoms with Gasteiger partial charge in [-0.1, -0.05) is 27.5 Å². The van der Waals surface area contributed by atoms with Crippen LogP contribution in [0.1, 0.15) is 18.5 Å². The minimum atomic E-state index is -0.520. The summed E-state index contributed by atoms with van der Waals surface area (Å²) in [5.74, 6) is 0.939. The molecule has 2 aromatic carbocycles. The van der Waals surface area contributed by atoms with Crippen LogP contribution in [0.3, 0.4) is 0 Å². The van der Waals surface area contributed by atoms with Crippen molar-refractivity contribution in [3.05, 3.63) is 75.1 Å². The van der Waals surface area contributed by atoms with Gasteiger partial charge >= 0.3 is 0 Å². The van der Waals surface area contributed by atoms with Gasteiger partial charge in [0, 0.05) is 26.4 Å². The summed E-state index contributed by atoms with van der Waals surface area (Å²) in [4.78, 5) is 17.6. The first-order valence-electron chi connectivity index (χ1n) is 8.75. The normalized spacial score (nSPS) is 15.5. The Morgan fingerprint density at radius 2 is 2.03 bits per heavy atom. The van der Waals surface area contributed by atoms with E-state index in [0.717, 1.165) is 10.0 Å². The van der Waals surface area contributed by atoms with Crippen LogP contribution < -0.4 is 15.4 Å². The maximum atomic E-state index is 13.3. The summed E-state index contributed by atoms with van der Waals surface area (Å²) in [6, 6.07) is 12.1. The van der Waals surface area contributed by atoms with Crippen molar-refractivity contribution in [3.8, 4) is 5.75 Å². The Hall–Kier alpha value is -2.84. The molecular formula is C20H17BrClN5O2. The van der Waals surface area contributed by atoms with Gasteiger partial charge in [0.05, 0.1) is 12.7 Å². The van der Waals surface area contributed by atoms with Gasteiger partial charge in [0.15, 0.2) is 0 Å². The largest absolute Gasteiger partial charge is 0.496 e. The first-order chi connectivity index (χ1) is 14.0. The zero-order valence-electron chi connectivity index (χ0n) is 15.6. The molecule has 1 atom stereocenters.